The lowest BCUT2D eigenvalue weighted by molar-refractivity contribution is -0.385. The van der Waals surface area contributed by atoms with Crippen molar-refractivity contribution in [2.24, 2.45) is 4.99 Å². The molecule has 0 atom stereocenters. The second-order valence-electron chi connectivity index (χ2n) is 7.84. The van der Waals surface area contributed by atoms with Crippen LogP contribution in [-0.2, 0) is 11.4 Å². The number of benzene rings is 3. The molecule has 0 spiro atoms. The molecule has 3 aromatic carbocycles. The second kappa shape index (κ2) is 10.4. The van der Waals surface area contributed by atoms with Crippen LogP contribution in [0, 0.1) is 24.0 Å². The molecule has 3 aromatic rings. The van der Waals surface area contributed by atoms with E-state index in [0.29, 0.717) is 16.6 Å². The maximum Gasteiger partial charge on any atom is 0.280 e. The molecule has 9 heteroatoms. The van der Waals surface area contributed by atoms with Gasteiger partial charge in [-0.25, -0.2) is 4.99 Å². The number of nitro benzene ring substituents is 1. The molecule has 1 fully saturated rings. The van der Waals surface area contributed by atoms with Crippen molar-refractivity contribution in [3.63, 3.8) is 0 Å². The summed E-state index contributed by atoms with van der Waals surface area (Å²) in [5, 5.41) is 14.9. The van der Waals surface area contributed by atoms with E-state index in [-0.39, 0.29) is 34.4 Å². The summed E-state index contributed by atoms with van der Waals surface area (Å²) >= 11 is 1.12. The fourth-order valence-electron chi connectivity index (χ4n) is 3.38. The molecule has 1 aliphatic rings. The maximum atomic E-state index is 12.6. The van der Waals surface area contributed by atoms with Crippen molar-refractivity contribution < 1.29 is 19.2 Å². The van der Waals surface area contributed by atoms with Gasteiger partial charge in [-0.2, -0.15) is 0 Å². The van der Waals surface area contributed by atoms with E-state index in [1.165, 1.54) is 25.3 Å². The number of carbonyl (C=O) groups excluding carboxylic acids is 1. The van der Waals surface area contributed by atoms with Crippen LogP contribution >= 0.6 is 11.8 Å². The molecule has 0 saturated carbocycles. The van der Waals surface area contributed by atoms with Crippen molar-refractivity contribution in [1.82, 2.24) is 5.32 Å². The number of ether oxygens (including phenoxy) is 2. The van der Waals surface area contributed by atoms with Gasteiger partial charge in [0.05, 0.1) is 34.3 Å². The van der Waals surface area contributed by atoms with Gasteiger partial charge >= 0.3 is 0 Å². The number of aliphatic imine (C=N–C) groups is 1. The molecule has 0 aromatic heterocycles. The Morgan fingerprint density at radius 3 is 2.51 bits per heavy atom. The summed E-state index contributed by atoms with van der Waals surface area (Å²) in [6, 6.07) is 18.0. The first kappa shape index (κ1) is 24.0. The fourth-order valence-corrected chi connectivity index (χ4v) is 4.21. The Bertz CT molecular complexity index is 1350. The maximum absolute atomic E-state index is 12.6. The zero-order valence-corrected chi connectivity index (χ0v) is 20.2. The molecule has 1 N–H and O–H groups in total. The van der Waals surface area contributed by atoms with Gasteiger partial charge in [0.15, 0.2) is 16.7 Å². The number of amides is 1. The lowest BCUT2D eigenvalue weighted by atomic mass is 10.1. The van der Waals surface area contributed by atoms with Gasteiger partial charge in [0.2, 0.25) is 0 Å². The van der Waals surface area contributed by atoms with Gasteiger partial charge in [-0.15, -0.1) is 0 Å². The third kappa shape index (κ3) is 5.70. The Morgan fingerprint density at radius 1 is 1.06 bits per heavy atom. The molecule has 35 heavy (non-hydrogen) atoms. The zero-order chi connectivity index (χ0) is 24.9. The van der Waals surface area contributed by atoms with Crippen LogP contribution in [0.2, 0.25) is 0 Å². The number of hydrogen-bond acceptors (Lipinski definition) is 7. The quantitative estimate of drug-likeness (QED) is 0.260. The van der Waals surface area contributed by atoms with Gasteiger partial charge in [0, 0.05) is 0 Å². The van der Waals surface area contributed by atoms with Crippen LogP contribution < -0.4 is 14.8 Å². The first-order valence-electron chi connectivity index (χ1n) is 10.7. The van der Waals surface area contributed by atoms with E-state index in [2.05, 4.69) is 10.3 Å². The fraction of sp³-hybridized carbons (Fsp3) is 0.154. The summed E-state index contributed by atoms with van der Waals surface area (Å²) in [5.74, 6) is 0.187. The number of thioether (sulfide) groups is 1. The van der Waals surface area contributed by atoms with E-state index in [4.69, 9.17) is 9.47 Å². The highest BCUT2D eigenvalue weighted by atomic mass is 32.2. The van der Waals surface area contributed by atoms with Crippen molar-refractivity contribution in [3.05, 3.63) is 97.9 Å². The summed E-state index contributed by atoms with van der Waals surface area (Å²) in [7, 11) is 1.46. The highest BCUT2D eigenvalue weighted by molar-refractivity contribution is 8.18. The van der Waals surface area contributed by atoms with Gasteiger partial charge in [-0.3, -0.25) is 14.9 Å². The normalized spacial score (nSPS) is 15.3. The van der Waals surface area contributed by atoms with Gasteiger partial charge < -0.3 is 14.8 Å². The molecule has 1 aliphatic heterocycles. The average molecular weight is 490 g/mol. The van der Waals surface area contributed by atoms with E-state index < -0.39 is 4.92 Å². The molecule has 178 valence electrons. The average Bonchev–Trinajstić information content (AvgIpc) is 3.18. The van der Waals surface area contributed by atoms with E-state index in [9.17, 15) is 14.9 Å². The number of nitrogens with one attached hydrogen (secondary N) is 1. The Morgan fingerprint density at radius 2 is 1.83 bits per heavy atom. The predicted molar refractivity (Wildman–Crippen MR) is 137 cm³/mol. The first-order valence-corrected chi connectivity index (χ1v) is 11.6. The number of hydrogen-bond donors (Lipinski definition) is 1. The largest absolute Gasteiger partial charge is 0.493 e. The Labute approximate surface area is 206 Å². The van der Waals surface area contributed by atoms with Crippen LogP contribution in [0.4, 0.5) is 11.4 Å². The van der Waals surface area contributed by atoms with Crippen molar-refractivity contribution in [1.29, 1.82) is 0 Å². The molecule has 8 nitrogen and oxygen atoms in total. The molecular weight excluding hydrogens is 466 g/mol. The van der Waals surface area contributed by atoms with Gasteiger partial charge in [0.25, 0.3) is 11.6 Å². The van der Waals surface area contributed by atoms with Crippen molar-refractivity contribution in [2.45, 2.75) is 20.5 Å². The van der Waals surface area contributed by atoms with Crippen LogP contribution in [0.5, 0.6) is 11.5 Å². The Balaban J connectivity index is 1.62. The molecule has 4 rings (SSSR count). The smallest absolute Gasteiger partial charge is 0.280 e. The number of nitrogens with zero attached hydrogens (tertiary/aromatic N) is 2. The number of amidine groups is 1. The van der Waals surface area contributed by atoms with Crippen LogP contribution in [-0.4, -0.2) is 23.1 Å². The van der Waals surface area contributed by atoms with Gasteiger partial charge in [-0.1, -0.05) is 36.4 Å². The lowest BCUT2D eigenvalue weighted by Gasteiger charge is -2.12. The minimum atomic E-state index is -0.511. The summed E-state index contributed by atoms with van der Waals surface area (Å²) in [5.41, 5.74) is 3.89. The molecular formula is C26H23N3O5S. The number of methoxy groups -OCH3 is 1. The van der Waals surface area contributed by atoms with Crippen LogP contribution in [0.25, 0.3) is 6.08 Å². The zero-order valence-electron chi connectivity index (χ0n) is 19.4. The Kier molecular flexibility index (Phi) is 7.17. The molecule has 0 aliphatic carbocycles. The summed E-state index contributed by atoms with van der Waals surface area (Å²) in [4.78, 5) is 28.6. The Hall–Kier alpha value is -4.11. The first-order chi connectivity index (χ1) is 16.8. The van der Waals surface area contributed by atoms with Crippen LogP contribution in [0.3, 0.4) is 0 Å². The lowest BCUT2D eigenvalue weighted by Crippen LogP contribution is -2.19. The van der Waals surface area contributed by atoms with E-state index in [1.54, 1.807) is 0 Å². The summed E-state index contributed by atoms with van der Waals surface area (Å²) in [6.45, 7) is 4.23. The minimum Gasteiger partial charge on any atom is -0.493 e. The molecule has 0 bridgehead atoms. The highest BCUT2D eigenvalue weighted by Crippen LogP contribution is 2.38. The van der Waals surface area contributed by atoms with Crippen molar-refractivity contribution >= 4 is 40.3 Å². The topological polar surface area (TPSA) is 103 Å². The van der Waals surface area contributed by atoms with E-state index in [1.807, 2.05) is 62.4 Å². The summed E-state index contributed by atoms with van der Waals surface area (Å²) in [6.07, 6.45) is 1.46. The van der Waals surface area contributed by atoms with Gasteiger partial charge in [0.1, 0.15) is 6.61 Å². The minimum absolute atomic E-state index is 0.200. The number of rotatable bonds is 7. The summed E-state index contributed by atoms with van der Waals surface area (Å²) < 4.78 is 11.2. The molecule has 1 amide bonds. The molecule has 0 radical (unpaired) electrons. The van der Waals surface area contributed by atoms with E-state index in [0.717, 1.165) is 28.5 Å². The predicted octanol–water partition coefficient (Wildman–Crippen LogP) is 5.69. The van der Waals surface area contributed by atoms with Crippen molar-refractivity contribution in [2.75, 3.05) is 7.11 Å². The standard InChI is InChI=1S/C26H23N3O5S/c1-16-9-10-20(11-17(16)2)27-26-28-25(30)24(35-26)13-19-12-22(33-3)23(14-21(19)29(31)32)34-15-18-7-5-4-6-8-18/h4-14H,15H2,1-3H3,(H,27,28,30)/b24-13+. The van der Waals surface area contributed by atoms with Crippen LogP contribution in [0.15, 0.2) is 70.6 Å². The van der Waals surface area contributed by atoms with Crippen molar-refractivity contribution in [3.8, 4) is 11.5 Å². The number of aryl methyl sites for hydroxylation is 2. The third-order valence-corrected chi connectivity index (χ3v) is 6.32. The highest BCUT2D eigenvalue weighted by Gasteiger charge is 2.26. The number of nitro groups is 1. The molecule has 0 unspecified atom stereocenters. The monoisotopic (exact) mass is 489 g/mol. The van der Waals surface area contributed by atoms with E-state index >= 15 is 0 Å². The van der Waals surface area contributed by atoms with Gasteiger partial charge in [-0.05, 0) is 66.6 Å². The SMILES string of the molecule is COc1cc(/C=C2/SC(=Nc3ccc(C)c(C)c3)NC2=O)c([N+](=O)[O-])cc1OCc1ccccc1. The number of carbonyl (C=O) groups is 1. The molecule has 1 saturated heterocycles. The molecule has 1 heterocycles. The van der Waals surface area contributed by atoms with Crippen LogP contribution in [0.1, 0.15) is 22.3 Å². The second-order valence-corrected chi connectivity index (χ2v) is 8.87. The third-order valence-electron chi connectivity index (χ3n) is 5.41.